The number of rotatable bonds is 4. The number of halogens is 1. The summed E-state index contributed by atoms with van der Waals surface area (Å²) in [5, 5.41) is 9.10. The lowest BCUT2D eigenvalue weighted by molar-refractivity contribution is 0.192. The smallest absolute Gasteiger partial charge is 0.228 e. The third-order valence-corrected chi connectivity index (χ3v) is 4.16. The first kappa shape index (κ1) is 19.2. The number of hydrogen-bond acceptors (Lipinski definition) is 2. The average molecular weight is 371 g/mol. The Morgan fingerprint density at radius 3 is 1.36 bits per heavy atom. The van der Waals surface area contributed by atoms with E-state index in [1.807, 2.05) is 84.9 Å². The second-order valence-corrected chi connectivity index (χ2v) is 6.06. The standard InChI is InChI=1S/C13H11FO.C12H10O/c14-10-15-13-8-6-12(7-9-13)11-4-2-1-3-5-11;13-12-8-6-11(7-9-12)10-4-2-1-3-5-10/h1-9H,10H2;1-9,13H/i14-1;. The van der Waals surface area contributed by atoms with Gasteiger partial charge in [0.1, 0.15) is 11.5 Å². The van der Waals surface area contributed by atoms with Crippen LogP contribution in [0.25, 0.3) is 22.3 Å². The molecule has 0 spiro atoms. The largest absolute Gasteiger partial charge is 0.508 e. The lowest BCUT2D eigenvalue weighted by atomic mass is 10.1. The van der Waals surface area contributed by atoms with Gasteiger partial charge in [-0.1, -0.05) is 84.9 Å². The monoisotopic (exact) mass is 371 g/mol. The van der Waals surface area contributed by atoms with Crippen LogP contribution in [0.15, 0.2) is 109 Å². The summed E-state index contributed by atoms with van der Waals surface area (Å²) in [7, 11) is 0. The summed E-state index contributed by atoms with van der Waals surface area (Å²) < 4.78 is 16.6. The molecule has 1 N–H and O–H groups in total. The second-order valence-electron chi connectivity index (χ2n) is 6.06. The van der Waals surface area contributed by atoms with Crippen molar-refractivity contribution in [2.45, 2.75) is 0 Å². The Kier molecular flexibility index (Phi) is 6.80. The first-order valence-corrected chi connectivity index (χ1v) is 8.95. The van der Waals surface area contributed by atoms with Crippen LogP contribution in [0.5, 0.6) is 11.5 Å². The van der Waals surface area contributed by atoms with Gasteiger partial charge in [0.25, 0.3) is 0 Å². The van der Waals surface area contributed by atoms with Gasteiger partial charge < -0.3 is 9.84 Å². The Morgan fingerprint density at radius 1 is 0.536 bits per heavy atom. The highest BCUT2D eigenvalue weighted by Gasteiger charge is 1.97. The van der Waals surface area contributed by atoms with Crippen molar-refractivity contribution >= 4 is 0 Å². The van der Waals surface area contributed by atoms with Gasteiger partial charge in [0, 0.05) is 0 Å². The van der Waals surface area contributed by atoms with Crippen molar-refractivity contribution in [3.8, 4) is 33.8 Å². The number of ether oxygens (including phenoxy) is 1. The molecule has 0 atom stereocenters. The maximum Gasteiger partial charge on any atom is 0.228 e. The van der Waals surface area contributed by atoms with E-state index in [1.165, 1.54) is 5.56 Å². The molecular formula is C25H21FO2. The maximum atomic E-state index is 11.9. The van der Waals surface area contributed by atoms with Crippen LogP contribution < -0.4 is 4.74 Å². The first-order chi connectivity index (χ1) is 13.8. The van der Waals surface area contributed by atoms with E-state index in [1.54, 1.807) is 24.3 Å². The molecule has 0 saturated heterocycles. The minimum atomic E-state index is -0.787. The van der Waals surface area contributed by atoms with Crippen LogP contribution in [0.1, 0.15) is 0 Å². The molecule has 3 heteroatoms. The predicted molar refractivity (Wildman–Crippen MR) is 112 cm³/mol. The van der Waals surface area contributed by atoms with Crippen molar-refractivity contribution in [1.29, 1.82) is 0 Å². The molecule has 0 amide bonds. The van der Waals surface area contributed by atoms with Crippen LogP contribution in [0.2, 0.25) is 0 Å². The molecule has 0 saturated carbocycles. The summed E-state index contributed by atoms with van der Waals surface area (Å²) in [5.74, 6) is 0.858. The molecule has 0 aliphatic rings. The van der Waals surface area contributed by atoms with Gasteiger partial charge in [-0.15, -0.1) is 0 Å². The molecule has 0 radical (unpaired) electrons. The highest BCUT2D eigenvalue weighted by molar-refractivity contribution is 5.64. The molecular weight excluding hydrogens is 350 g/mol. The molecule has 4 rings (SSSR count). The zero-order valence-corrected chi connectivity index (χ0v) is 15.3. The van der Waals surface area contributed by atoms with E-state index in [4.69, 9.17) is 9.84 Å². The van der Waals surface area contributed by atoms with Crippen molar-refractivity contribution in [1.82, 2.24) is 0 Å². The number of aromatic hydroxyl groups is 1. The van der Waals surface area contributed by atoms with E-state index in [0.29, 0.717) is 11.5 Å². The maximum absolute atomic E-state index is 11.9. The normalized spacial score (nSPS) is 9.89. The van der Waals surface area contributed by atoms with Crippen LogP contribution >= 0.6 is 0 Å². The number of benzene rings is 4. The highest BCUT2D eigenvalue weighted by Crippen LogP contribution is 2.22. The van der Waals surface area contributed by atoms with Gasteiger partial charge in [-0.25, -0.2) is 4.39 Å². The molecule has 28 heavy (non-hydrogen) atoms. The Labute approximate surface area is 164 Å². The molecule has 0 fully saturated rings. The SMILES string of the molecule is Oc1ccc(-c2ccccc2)cc1.[18F]COc1ccc(-c2ccccc2)cc1. The number of phenolic OH excluding ortho intramolecular Hbond substituents is 1. The minimum Gasteiger partial charge on any atom is -0.508 e. The summed E-state index contributed by atoms with van der Waals surface area (Å²) in [6, 6.07) is 34.7. The van der Waals surface area contributed by atoms with Crippen molar-refractivity contribution < 1.29 is 14.2 Å². The fourth-order valence-electron chi connectivity index (χ4n) is 2.72. The van der Waals surface area contributed by atoms with Crippen LogP contribution in [-0.4, -0.2) is 12.0 Å². The fourth-order valence-corrected chi connectivity index (χ4v) is 2.72. The number of phenols is 1. The summed E-state index contributed by atoms with van der Waals surface area (Å²) in [5.41, 5.74) is 4.53. The lowest BCUT2D eigenvalue weighted by Crippen LogP contribution is -1.89. The van der Waals surface area contributed by atoms with Gasteiger partial charge >= 0.3 is 0 Å². The molecule has 2 nitrogen and oxygen atoms in total. The number of hydrogen-bond donors (Lipinski definition) is 1. The zero-order chi connectivity index (χ0) is 19.6. The van der Waals surface area contributed by atoms with Gasteiger partial charge in [-0.3, -0.25) is 0 Å². The van der Waals surface area contributed by atoms with E-state index in [9.17, 15) is 4.39 Å². The van der Waals surface area contributed by atoms with Crippen molar-refractivity contribution in [2.24, 2.45) is 0 Å². The highest BCUT2D eigenvalue weighted by atomic mass is 18.2. The average Bonchev–Trinajstić information content (AvgIpc) is 2.77. The molecule has 0 unspecified atom stereocenters. The van der Waals surface area contributed by atoms with Crippen LogP contribution in [0.3, 0.4) is 0 Å². The van der Waals surface area contributed by atoms with E-state index in [-0.39, 0.29) is 0 Å². The Morgan fingerprint density at radius 2 is 0.929 bits per heavy atom. The molecule has 4 aromatic carbocycles. The van der Waals surface area contributed by atoms with Gasteiger partial charge in [0.2, 0.25) is 6.86 Å². The quantitative estimate of drug-likeness (QED) is 0.431. The van der Waals surface area contributed by atoms with Crippen LogP contribution in [0, 0.1) is 0 Å². The predicted octanol–water partition coefficient (Wildman–Crippen LogP) is 6.72. The molecule has 0 aromatic heterocycles. The summed E-state index contributed by atoms with van der Waals surface area (Å²) in [6.45, 7) is -0.787. The molecule has 0 heterocycles. The molecule has 0 aliphatic carbocycles. The first-order valence-electron chi connectivity index (χ1n) is 8.95. The summed E-state index contributed by atoms with van der Waals surface area (Å²) in [4.78, 5) is 0. The van der Waals surface area contributed by atoms with Gasteiger partial charge in [-0.05, 0) is 46.5 Å². The fraction of sp³-hybridized carbons (Fsp3) is 0.0400. The Balaban J connectivity index is 0.000000162. The minimum absolute atomic E-state index is 0.305. The van der Waals surface area contributed by atoms with E-state index in [0.717, 1.165) is 16.7 Å². The second kappa shape index (κ2) is 9.93. The van der Waals surface area contributed by atoms with Gasteiger partial charge in [-0.2, -0.15) is 0 Å². The summed E-state index contributed by atoms with van der Waals surface area (Å²) >= 11 is 0. The third kappa shape index (κ3) is 5.45. The van der Waals surface area contributed by atoms with E-state index < -0.39 is 6.86 Å². The van der Waals surface area contributed by atoms with Gasteiger partial charge in [0.05, 0.1) is 0 Å². The Bertz CT molecular complexity index is 951. The molecule has 140 valence electrons. The summed E-state index contributed by atoms with van der Waals surface area (Å²) in [6.07, 6.45) is 0. The molecule has 4 aromatic rings. The van der Waals surface area contributed by atoms with Crippen molar-refractivity contribution in [2.75, 3.05) is 6.86 Å². The molecule has 0 bridgehead atoms. The molecule has 0 aliphatic heterocycles. The van der Waals surface area contributed by atoms with Crippen molar-refractivity contribution in [3.05, 3.63) is 109 Å². The van der Waals surface area contributed by atoms with Crippen LogP contribution in [0.4, 0.5) is 4.39 Å². The Hall–Kier alpha value is -3.59. The third-order valence-electron chi connectivity index (χ3n) is 4.16. The topological polar surface area (TPSA) is 29.5 Å². The van der Waals surface area contributed by atoms with Gasteiger partial charge in [0.15, 0.2) is 0 Å². The van der Waals surface area contributed by atoms with E-state index in [2.05, 4.69) is 0 Å². The van der Waals surface area contributed by atoms with E-state index >= 15 is 0 Å². The number of alkyl halides is 1. The van der Waals surface area contributed by atoms with Crippen LogP contribution in [-0.2, 0) is 0 Å². The lowest BCUT2D eigenvalue weighted by Gasteiger charge is -2.03. The van der Waals surface area contributed by atoms with Crippen molar-refractivity contribution in [3.63, 3.8) is 0 Å². The zero-order valence-electron chi connectivity index (χ0n) is 15.3.